The van der Waals surface area contributed by atoms with Crippen LogP contribution in [0.15, 0.2) is 36.7 Å². The summed E-state index contributed by atoms with van der Waals surface area (Å²) in [5.74, 6) is -0.116. The summed E-state index contributed by atoms with van der Waals surface area (Å²) in [6.07, 6.45) is 9.14. The van der Waals surface area contributed by atoms with Gasteiger partial charge in [-0.1, -0.05) is 25.0 Å². The zero-order valence-corrected chi connectivity index (χ0v) is 17.0. The van der Waals surface area contributed by atoms with Crippen molar-refractivity contribution < 1.29 is 14.4 Å². The lowest BCUT2D eigenvalue weighted by molar-refractivity contribution is -0.128. The molecule has 2 aromatic rings. The SMILES string of the molecule is O=C(Cn1cc(NC(=O)c2ccc(CN3CCCC3=O)cc2)cn1)NC1CCCC1. The van der Waals surface area contributed by atoms with Crippen LogP contribution >= 0.6 is 0 Å². The molecule has 8 heteroatoms. The van der Waals surface area contributed by atoms with Crippen molar-refractivity contribution in [1.29, 1.82) is 0 Å². The van der Waals surface area contributed by atoms with Crippen LogP contribution in [0.1, 0.15) is 54.4 Å². The van der Waals surface area contributed by atoms with Crippen LogP contribution in [0.2, 0.25) is 0 Å². The van der Waals surface area contributed by atoms with E-state index in [1.165, 1.54) is 23.7 Å². The highest BCUT2D eigenvalue weighted by Crippen LogP contribution is 2.18. The van der Waals surface area contributed by atoms with Crippen molar-refractivity contribution in [3.63, 3.8) is 0 Å². The fourth-order valence-electron chi connectivity index (χ4n) is 4.06. The molecule has 8 nitrogen and oxygen atoms in total. The third-order valence-electron chi connectivity index (χ3n) is 5.68. The van der Waals surface area contributed by atoms with Crippen LogP contribution in [0.4, 0.5) is 5.69 Å². The number of carbonyl (C=O) groups is 3. The summed E-state index contributed by atoms with van der Waals surface area (Å²) in [5, 5.41) is 9.99. The largest absolute Gasteiger partial charge is 0.352 e. The smallest absolute Gasteiger partial charge is 0.255 e. The first kappa shape index (κ1) is 20.1. The van der Waals surface area contributed by atoms with Crippen molar-refractivity contribution in [2.24, 2.45) is 0 Å². The average molecular weight is 409 g/mol. The minimum absolute atomic E-state index is 0.0602. The van der Waals surface area contributed by atoms with Gasteiger partial charge in [0.05, 0.1) is 11.9 Å². The maximum Gasteiger partial charge on any atom is 0.255 e. The summed E-state index contributed by atoms with van der Waals surface area (Å²) < 4.78 is 1.52. The zero-order chi connectivity index (χ0) is 20.9. The van der Waals surface area contributed by atoms with Gasteiger partial charge in [-0.05, 0) is 37.0 Å². The molecule has 0 atom stereocenters. The Morgan fingerprint density at radius 1 is 1.10 bits per heavy atom. The number of likely N-dealkylation sites (tertiary alicyclic amines) is 1. The summed E-state index contributed by atoms with van der Waals surface area (Å²) in [6, 6.07) is 7.53. The predicted molar refractivity (Wildman–Crippen MR) is 112 cm³/mol. The van der Waals surface area contributed by atoms with Crippen LogP contribution in [0.3, 0.4) is 0 Å². The Morgan fingerprint density at radius 3 is 2.57 bits per heavy atom. The molecule has 0 spiro atoms. The van der Waals surface area contributed by atoms with E-state index in [1.807, 2.05) is 17.0 Å². The van der Waals surface area contributed by atoms with Crippen molar-refractivity contribution in [3.05, 3.63) is 47.8 Å². The highest BCUT2D eigenvalue weighted by molar-refractivity contribution is 6.04. The molecule has 1 aromatic carbocycles. The summed E-state index contributed by atoms with van der Waals surface area (Å²) in [4.78, 5) is 38.2. The number of nitrogens with zero attached hydrogens (tertiary/aromatic N) is 3. The fraction of sp³-hybridized carbons (Fsp3) is 0.455. The first-order valence-corrected chi connectivity index (χ1v) is 10.6. The number of anilines is 1. The molecule has 1 saturated carbocycles. The summed E-state index contributed by atoms with van der Waals surface area (Å²) >= 11 is 0. The number of hydrogen-bond acceptors (Lipinski definition) is 4. The molecule has 1 aliphatic carbocycles. The van der Waals surface area contributed by atoms with Gasteiger partial charge in [-0.3, -0.25) is 19.1 Å². The molecule has 2 N–H and O–H groups in total. The highest BCUT2D eigenvalue weighted by atomic mass is 16.2. The van der Waals surface area contributed by atoms with Gasteiger partial charge in [0, 0.05) is 37.3 Å². The van der Waals surface area contributed by atoms with Gasteiger partial charge in [0.15, 0.2) is 0 Å². The number of hydrogen-bond donors (Lipinski definition) is 2. The molecule has 3 amide bonds. The number of carbonyl (C=O) groups excluding carboxylic acids is 3. The van der Waals surface area contributed by atoms with Gasteiger partial charge in [0.1, 0.15) is 6.54 Å². The lowest BCUT2D eigenvalue weighted by Crippen LogP contribution is -2.35. The van der Waals surface area contributed by atoms with Crippen molar-refractivity contribution in [3.8, 4) is 0 Å². The van der Waals surface area contributed by atoms with Crippen LogP contribution in [0.25, 0.3) is 0 Å². The number of aromatic nitrogens is 2. The number of benzene rings is 1. The van der Waals surface area contributed by atoms with Gasteiger partial charge in [-0.25, -0.2) is 0 Å². The number of nitrogens with one attached hydrogen (secondary N) is 2. The quantitative estimate of drug-likeness (QED) is 0.733. The molecule has 0 bridgehead atoms. The van der Waals surface area contributed by atoms with E-state index in [-0.39, 0.29) is 30.3 Å². The van der Waals surface area contributed by atoms with E-state index in [2.05, 4.69) is 15.7 Å². The normalized spacial score (nSPS) is 16.8. The third-order valence-corrected chi connectivity index (χ3v) is 5.68. The van der Waals surface area contributed by atoms with Gasteiger partial charge in [-0.15, -0.1) is 0 Å². The maximum atomic E-state index is 12.5. The van der Waals surface area contributed by atoms with Crippen LogP contribution in [0, 0.1) is 0 Å². The maximum absolute atomic E-state index is 12.5. The second-order valence-electron chi connectivity index (χ2n) is 8.05. The molecule has 1 aromatic heterocycles. The molecule has 2 heterocycles. The number of amides is 3. The molecule has 1 saturated heterocycles. The van der Waals surface area contributed by atoms with E-state index in [9.17, 15) is 14.4 Å². The standard InChI is InChI=1S/C22H27N5O3/c28-20(24-18-4-1-2-5-18)15-27-14-19(12-23-27)25-22(30)17-9-7-16(8-10-17)13-26-11-3-6-21(26)29/h7-10,12,14,18H,1-6,11,13,15H2,(H,24,28)(H,25,30). The lowest BCUT2D eigenvalue weighted by Gasteiger charge is -2.15. The Kier molecular flexibility index (Phi) is 6.11. The Bertz CT molecular complexity index is 915. The molecule has 1 aliphatic heterocycles. The van der Waals surface area contributed by atoms with Crippen molar-refractivity contribution in [2.75, 3.05) is 11.9 Å². The van der Waals surface area contributed by atoms with Crippen LogP contribution in [0.5, 0.6) is 0 Å². The van der Waals surface area contributed by atoms with E-state index in [0.717, 1.165) is 31.4 Å². The molecular formula is C22H27N5O3. The van der Waals surface area contributed by atoms with Crippen molar-refractivity contribution in [1.82, 2.24) is 20.0 Å². The second kappa shape index (κ2) is 9.11. The molecular weight excluding hydrogens is 382 g/mol. The first-order valence-electron chi connectivity index (χ1n) is 10.6. The Hall–Kier alpha value is -3.16. The molecule has 2 aliphatic rings. The second-order valence-corrected chi connectivity index (χ2v) is 8.05. The Morgan fingerprint density at radius 2 is 1.87 bits per heavy atom. The summed E-state index contributed by atoms with van der Waals surface area (Å²) in [7, 11) is 0. The third kappa shape index (κ3) is 5.06. The Balaban J connectivity index is 1.28. The van der Waals surface area contributed by atoms with Crippen LogP contribution < -0.4 is 10.6 Å². The Labute approximate surface area is 175 Å². The number of rotatable bonds is 7. The van der Waals surface area contributed by atoms with E-state index in [4.69, 9.17) is 0 Å². The van der Waals surface area contributed by atoms with Gasteiger partial charge in [0.2, 0.25) is 11.8 Å². The molecule has 30 heavy (non-hydrogen) atoms. The minimum Gasteiger partial charge on any atom is -0.352 e. The van der Waals surface area contributed by atoms with Gasteiger partial charge in [-0.2, -0.15) is 5.10 Å². The lowest BCUT2D eigenvalue weighted by atomic mass is 10.1. The van der Waals surface area contributed by atoms with Gasteiger partial charge < -0.3 is 15.5 Å². The highest BCUT2D eigenvalue weighted by Gasteiger charge is 2.20. The van der Waals surface area contributed by atoms with Crippen molar-refractivity contribution in [2.45, 2.75) is 57.7 Å². The van der Waals surface area contributed by atoms with E-state index in [0.29, 0.717) is 24.2 Å². The molecule has 158 valence electrons. The molecule has 2 fully saturated rings. The van der Waals surface area contributed by atoms with E-state index in [1.54, 1.807) is 18.3 Å². The molecule has 0 unspecified atom stereocenters. The van der Waals surface area contributed by atoms with Gasteiger partial charge >= 0.3 is 0 Å². The van der Waals surface area contributed by atoms with E-state index >= 15 is 0 Å². The summed E-state index contributed by atoms with van der Waals surface area (Å²) in [5.41, 5.74) is 2.07. The molecule has 4 rings (SSSR count). The fourth-order valence-corrected chi connectivity index (χ4v) is 4.06. The summed E-state index contributed by atoms with van der Waals surface area (Å²) in [6.45, 7) is 1.51. The van der Waals surface area contributed by atoms with E-state index < -0.39 is 0 Å². The first-order chi connectivity index (χ1) is 14.6. The van der Waals surface area contributed by atoms with Crippen molar-refractivity contribution >= 4 is 23.4 Å². The molecule has 0 radical (unpaired) electrons. The van der Waals surface area contributed by atoms with Crippen LogP contribution in [-0.2, 0) is 22.7 Å². The topological polar surface area (TPSA) is 96.3 Å². The monoisotopic (exact) mass is 409 g/mol. The average Bonchev–Trinajstić information content (AvgIpc) is 3.47. The van der Waals surface area contributed by atoms with Gasteiger partial charge in [0.25, 0.3) is 5.91 Å². The van der Waals surface area contributed by atoms with Crippen LogP contribution in [-0.4, -0.2) is 45.0 Å². The zero-order valence-electron chi connectivity index (χ0n) is 17.0. The predicted octanol–water partition coefficient (Wildman–Crippen LogP) is 2.32. The minimum atomic E-state index is -0.242.